The molecule has 1 aliphatic rings. The molecule has 0 aliphatic heterocycles. The van der Waals surface area contributed by atoms with Crippen LogP contribution in [0.25, 0.3) is 0 Å². The van der Waals surface area contributed by atoms with E-state index in [1.165, 1.54) is 36.8 Å². The molecule has 0 saturated heterocycles. The average Bonchev–Trinajstić information content (AvgIpc) is 2.81. The molecule has 88 valence electrons. The normalized spacial score (nSPS) is 18.9. The molecule has 0 N–H and O–H groups in total. The fraction of sp³-hybridized carbons (Fsp3) is 0.600. The zero-order valence-electron chi connectivity index (χ0n) is 10.1. The Balaban J connectivity index is 1.84. The molecule has 1 aromatic rings. The Bertz CT molecular complexity index is 326. The number of aryl methyl sites for hydroxylation is 2. The molecule has 0 heterocycles. The van der Waals surface area contributed by atoms with E-state index >= 15 is 0 Å². The smallest absolute Gasteiger partial charge is 0.0367 e. The van der Waals surface area contributed by atoms with Crippen molar-refractivity contribution in [2.45, 2.75) is 50.8 Å². The maximum atomic E-state index is 6.49. The van der Waals surface area contributed by atoms with Crippen LogP contribution in [0.1, 0.15) is 43.2 Å². The molecule has 0 nitrogen and oxygen atoms in total. The Hall–Kier alpha value is -0.490. The van der Waals surface area contributed by atoms with Gasteiger partial charge in [-0.1, -0.05) is 37.1 Å². The lowest BCUT2D eigenvalue weighted by Crippen LogP contribution is -2.12. The van der Waals surface area contributed by atoms with Gasteiger partial charge >= 0.3 is 0 Å². The van der Waals surface area contributed by atoms with E-state index in [1.807, 2.05) is 0 Å². The standard InChI is InChI=1S/C15H21Cl/c1-12-6-2-3-7-13(12)10-11-15(16)14-8-4-5-9-14/h2-3,6-7,14-15H,4-5,8-11H2,1H3. The second-order valence-electron chi connectivity index (χ2n) is 5.03. The van der Waals surface area contributed by atoms with Crippen LogP contribution in [-0.2, 0) is 6.42 Å². The summed E-state index contributed by atoms with van der Waals surface area (Å²) in [5.74, 6) is 0.783. The lowest BCUT2D eigenvalue weighted by molar-refractivity contribution is 0.492. The predicted octanol–water partition coefficient (Wildman–Crippen LogP) is 4.73. The minimum absolute atomic E-state index is 0.391. The molecule has 1 atom stereocenters. The average molecular weight is 237 g/mol. The molecule has 0 bridgehead atoms. The summed E-state index contributed by atoms with van der Waals surface area (Å²) in [7, 11) is 0. The summed E-state index contributed by atoms with van der Waals surface area (Å²) in [4.78, 5) is 0. The Labute approximate surface area is 104 Å². The molecular weight excluding hydrogens is 216 g/mol. The molecule has 1 unspecified atom stereocenters. The van der Waals surface area contributed by atoms with Gasteiger partial charge in [-0.2, -0.15) is 0 Å². The highest BCUT2D eigenvalue weighted by molar-refractivity contribution is 6.20. The van der Waals surface area contributed by atoms with Crippen molar-refractivity contribution in [1.29, 1.82) is 0 Å². The summed E-state index contributed by atoms with van der Waals surface area (Å²) >= 11 is 6.49. The first kappa shape index (κ1) is 12.0. The van der Waals surface area contributed by atoms with E-state index in [-0.39, 0.29) is 0 Å². The molecule has 0 radical (unpaired) electrons. The summed E-state index contributed by atoms with van der Waals surface area (Å²) < 4.78 is 0. The lowest BCUT2D eigenvalue weighted by atomic mass is 9.96. The van der Waals surface area contributed by atoms with Crippen LogP contribution >= 0.6 is 11.6 Å². The van der Waals surface area contributed by atoms with Crippen LogP contribution in [0, 0.1) is 12.8 Å². The zero-order chi connectivity index (χ0) is 11.4. The minimum Gasteiger partial charge on any atom is -0.123 e. The fourth-order valence-electron chi connectivity index (χ4n) is 2.74. The molecule has 1 heteroatoms. The van der Waals surface area contributed by atoms with Gasteiger partial charge < -0.3 is 0 Å². The Morgan fingerprint density at radius 2 is 1.94 bits per heavy atom. The van der Waals surface area contributed by atoms with Gasteiger partial charge in [0, 0.05) is 5.38 Å². The Morgan fingerprint density at radius 3 is 2.62 bits per heavy atom. The van der Waals surface area contributed by atoms with Gasteiger partial charge in [0.05, 0.1) is 0 Å². The Morgan fingerprint density at radius 1 is 1.25 bits per heavy atom. The van der Waals surface area contributed by atoms with E-state index in [0.29, 0.717) is 5.38 Å². The van der Waals surface area contributed by atoms with E-state index in [4.69, 9.17) is 11.6 Å². The van der Waals surface area contributed by atoms with E-state index in [1.54, 1.807) is 0 Å². The van der Waals surface area contributed by atoms with Gasteiger partial charge in [-0.3, -0.25) is 0 Å². The summed E-state index contributed by atoms with van der Waals surface area (Å²) in [6, 6.07) is 8.65. The maximum absolute atomic E-state index is 6.49. The first-order chi connectivity index (χ1) is 7.77. The van der Waals surface area contributed by atoms with Crippen molar-refractivity contribution >= 4 is 11.6 Å². The van der Waals surface area contributed by atoms with Crippen molar-refractivity contribution < 1.29 is 0 Å². The molecule has 0 aromatic heterocycles. The summed E-state index contributed by atoms with van der Waals surface area (Å²) in [5.41, 5.74) is 2.86. The van der Waals surface area contributed by atoms with Crippen LogP contribution in [0.4, 0.5) is 0 Å². The third-order valence-corrected chi connectivity index (χ3v) is 4.44. The van der Waals surface area contributed by atoms with Gasteiger partial charge in [0.15, 0.2) is 0 Å². The first-order valence-electron chi connectivity index (χ1n) is 6.46. The van der Waals surface area contributed by atoms with Crippen LogP contribution in [-0.4, -0.2) is 5.38 Å². The van der Waals surface area contributed by atoms with Crippen molar-refractivity contribution in [2.75, 3.05) is 0 Å². The highest BCUT2D eigenvalue weighted by Crippen LogP contribution is 2.32. The van der Waals surface area contributed by atoms with Gasteiger partial charge in [-0.25, -0.2) is 0 Å². The first-order valence-corrected chi connectivity index (χ1v) is 6.89. The lowest BCUT2D eigenvalue weighted by Gasteiger charge is -2.16. The minimum atomic E-state index is 0.391. The number of rotatable bonds is 4. The molecule has 1 aliphatic carbocycles. The Kier molecular flexibility index (Phi) is 4.29. The van der Waals surface area contributed by atoms with Crippen LogP contribution < -0.4 is 0 Å². The summed E-state index contributed by atoms with van der Waals surface area (Å²) in [6.45, 7) is 2.19. The highest BCUT2D eigenvalue weighted by atomic mass is 35.5. The number of hydrogen-bond acceptors (Lipinski definition) is 0. The molecule has 16 heavy (non-hydrogen) atoms. The van der Waals surface area contributed by atoms with Crippen molar-refractivity contribution in [1.82, 2.24) is 0 Å². The highest BCUT2D eigenvalue weighted by Gasteiger charge is 2.22. The maximum Gasteiger partial charge on any atom is 0.0367 e. The molecule has 0 amide bonds. The number of hydrogen-bond donors (Lipinski definition) is 0. The molecule has 1 saturated carbocycles. The zero-order valence-corrected chi connectivity index (χ0v) is 10.8. The topological polar surface area (TPSA) is 0 Å². The van der Waals surface area contributed by atoms with E-state index in [0.717, 1.165) is 18.8 Å². The van der Waals surface area contributed by atoms with E-state index in [2.05, 4.69) is 31.2 Å². The second-order valence-corrected chi connectivity index (χ2v) is 5.59. The van der Waals surface area contributed by atoms with Gasteiger partial charge in [-0.05, 0) is 49.7 Å². The van der Waals surface area contributed by atoms with Crippen molar-refractivity contribution in [3.8, 4) is 0 Å². The van der Waals surface area contributed by atoms with Gasteiger partial charge in [0.2, 0.25) is 0 Å². The van der Waals surface area contributed by atoms with Gasteiger partial charge in [-0.15, -0.1) is 11.6 Å². The molecule has 2 rings (SSSR count). The number of alkyl halides is 1. The summed E-state index contributed by atoms with van der Waals surface area (Å²) in [6.07, 6.45) is 7.74. The van der Waals surface area contributed by atoms with Gasteiger partial charge in [0.25, 0.3) is 0 Å². The van der Waals surface area contributed by atoms with Crippen molar-refractivity contribution in [2.24, 2.45) is 5.92 Å². The SMILES string of the molecule is Cc1ccccc1CCC(Cl)C1CCCC1. The van der Waals surface area contributed by atoms with E-state index < -0.39 is 0 Å². The quantitative estimate of drug-likeness (QED) is 0.664. The number of halogens is 1. The second kappa shape index (κ2) is 5.72. The third-order valence-electron chi connectivity index (χ3n) is 3.86. The summed E-state index contributed by atoms with van der Waals surface area (Å²) in [5, 5.41) is 0.391. The van der Waals surface area contributed by atoms with Crippen LogP contribution in [0.15, 0.2) is 24.3 Å². The molecule has 0 spiro atoms. The fourth-order valence-corrected chi connectivity index (χ4v) is 3.10. The molecular formula is C15H21Cl. The molecule has 1 fully saturated rings. The van der Waals surface area contributed by atoms with Crippen molar-refractivity contribution in [3.63, 3.8) is 0 Å². The van der Waals surface area contributed by atoms with Crippen molar-refractivity contribution in [3.05, 3.63) is 35.4 Å². The predicted molar refractivity (Wildman–Crippen MR) is 71.1 cm³/mol. The van der Waals surface area contributed by atoms with Crippen LogP contribution in [0.3, 0.4) is 0 Å². The van der Waals surface area contributed by atoms with E-state index in [9.17, 15) is 0 Å². The molecule has 1 aromatic carbocycles. The van der Waals surface area contributed by atoms with Crippen LogP contribution in [0.5, 0.6) is 0 Å². The largest absolute Gasteiger partial charge is 0.123 e. The van der Waals surface area contributed by atoms with Gasteiger partial charge in [0.1, 0.15) is 0 Å². The third kappa shape index (κ3) is 3.01. The monoisotopic (exact) mass is 236 g/mol. The van der Waals surface area contributed by atoms with Crippen LogP contribution in [0.2, 0.25) is 0 Å². The number of benzene rings is 1.